The van der Waals surface area contributed by atoms with Gasteiger partial charge < -0.3 is 9.73 Å². The Labute approximate surface area is 119 Å². The molecule has 0 saturated heterocycles. The molecule has 106 valence electrons. The predicted molar refractivity (Wildman–Crippen MR) is 82.1 cm³/mol. The van der Waals surface area contributed by atoms with Crippen molar-refractivity contribution in [2.75, 3.05) is 6.54 Å². The third-order valence-corrected chi connectivity index (χ3v) is 3.30. The molecule has 0 spiro atoms. The number of amides is 1. The first kappa shape index (κ1) is 14.4. The minimum atomic E-state index is -0.182. The van der Waals surface area contributed by atoms with E-state index in [2.05, 4.69) is 31.0 Å². The normalized spacial score (nSPS) is 10.8. The highest BCUT2D eigenvalue weighted by molar-refractivity contribution is 5.99. The summed E-state index contributed by atoms with van der Waals surface area (Å²) in [6, 6.07) is 6.13. The van der Waals surface area contributed by atoms with Crippen molar-refractivity contribution in [2.24, 2.45) is 0 Å². The van der Waals surface area contributed by atoms with Crippen LogP contribution in [0.3, 0.4) is 0 Å². The first-order chi connectivity index (χ1) is 9.52. The summed E-state index contributed by atoms with van der Waals surface area (Å²) in [5.74, 6) is 0.216. The van der Waals surface area contributed by atoms with Crippen LogP contribution in [0.1, 0.15) is 41.9 Å². The molecule has 1 N–H and O–H groups in total. The molecule has 0 saturated carbocycles. The molecule has 0 fully saturated rings. The van der Waals surface area contributed by atoms with Crippen molar-refractivity contribution in [3.63, 3.8) is 0 Å². The fraction of sp³-hybridized carbons (Fsp3) is 0.353. The highest BCUT2D eigenvalue weighted by atomic mass is 16.3. The Bertz CT molecular complexity index is 652. The number of benzene rings is 1. The molecule has 0 aliphatic heterocycles. The zero-order valence-corrected chi connectivity index (χ0v) is 12.4. The number of rotatable bonds is 5. The lowest BCUT2D eigenvalue weighted by atomic mass is 10.1. The molecule has 2 aromatic rings. The minimum absolute atomic E-state index is 0.182. The summed E-state index contributed by atoms with van der Waals surface area (Å²) >= 11 is 0. The molecule has 2 rings (SSSR count). The predicted octanol–water partition coefficient (Wildman–Crippen LogP) is 4.00. The quantitative estimate of drug-likeness (QED) is 0.835. The van der Waals surface area contributed by atoms with Crippen LogP contribution < -0.4 is 5.32 Å². The van der Waals surface area contributed by atoms with Gasteiger partial charge in [-0.2, -0.15) is 0 Å². The topological polar surface area (TPSA) is 42.2 Å². The number of furan rings is 1. The fourth-order valence-corrected chi connectivity index (χ4v) is 2.24. The molecule has 0 radical (unpaired) electrons. The minimum Gasteiger partial charge on any atom is -0.451 e. The van der Waals surface area contributed by atoms with E-state index in [0.29, 0.717) is 12.3 Å². The highest BCUT2D eigenvalue weighted by Gasteiger charge is 2.17. The summed E-state index contributed by atoms with van der Waals surface area (Å²) in [5.41, 5.74) is 3.86. The van der Waals surface area contributed by atoms with Gasteiger partial charge in [0.25, 0.3) is 5.91 Å². The molecule has 0 atom stereocenters. The van der Waals surface area contributed by atoms with Gasteiger partial charge in [-0.05, 0) is 38.0 Å². The van der Waals surface area contributed by atoms with E-state index in [1.54, 1.807) is 0 Å². The largest absolute Gasteiger partial charge is 0.451 e. The van der Waals surface area contributed by atoms with Gasteiger partial charge in [0.05, 0.1) is 0 Å². The summed E-state index contributed by atoms with van der Waals surface area (Å²) in [4.78, 5) is 12.1. The first-order valence-electron chi connectivity index (χ1n) is 6.97. The van der Waals surface area contributed by atoms with Crippen LogP contribution in [-0.4, -0.2) is 12.5 Å². The Morgan fingerprint density at radius 1 is 1.40 bits per heavy atom. The summed E-state index contributed by atoms with van der Waals surface area (Å²) in [6.45, 7) is 10.2. The first-order valence-corrected chi connectivity index (χ1v) is 6.97. The van der Waals surface area contributed by atoms with Crippen molar-refractivity contribution >= 4 is 16.9 Å². The van der Waals surface area contributed by atoms with Crippen LogP contribution in [0.4, 0.5) is 0 Å². The highest BCUT2D eigenvalue weighted by Crippen LogP contribution is 2.26. The Morgan fingerprint density at radius 3 is 2.80 bits per heavy atom. The second-order valence-electron chi connectivity index (χ2n) is 5.28. The second kappa shape index (κ2) is 5.95. The molecule has 1 heterocycles. The lowest BCUT2D eigenvalue weighted by Crippen LogP contribution is -2.24. The van der Waals surface area contributed by atoms with Crippen LogP contribution in [0.2, 0.25) is 0 Å². The molecular formula is C17H21NO2. The summed E-state index contributed by atoms with van der Waals surface area (Å²) < 4.78 is 5.68. The maximum absolute atomic E-state index is 12.1. The van der Waals surface area contributed by atoms with E-state index in [4.69, 9.17) is 4.42 Å². The van der Waals surface area contributed by atoms with E-state index in [0.717, 1.165) is 34.9 Å². The number of nitrogens with one attached hydrogen (secondary N) is 1. The Morgan fingerprint density at radius 2 is 2.15 bits per heavy atom. The van der Waals surface area contributed by atoms with Gasteiger partial charge in [0, 0.05) is 17.5 Å². The van der Waals surface area contributed by atoms with Crippen LogP contribution >= 0.6 is 0 Å². The van der Waals surface area contributed by atoms with Gasteiger partial charge in [0.15, 0.2) is 5.76 Å². The molecule has 1 aromatic carbocycles. The van der Waals surface area contributed by atoms with Crippen molar-refractivity contribution in [3.8, 4) is 0 Å². The van der Waals surface area contributed by atoms with Crippen LogP contribution in [0, 0.1) is 6.92 Å². The van der Waals surface area contributed by atoms with E-state index in [1.165, 1.54) is 5.56 Å². The van der Waals surface area contributed by atoms with Crippen molar-refractivity contribution in [2.45, 2.75) is 33.6 Å². The van der Waals surface area contributed by atoms with E-state index >= 15 is 0 Å². The van der Waals surface area contributed by atoms with Crippen LogP contribution in [0.15, 0.2) is 34.8 Å². The third-order valence-electron chi connectivity index (χ3n) is 3.30. The summed E-state index contributed by atoms with van der Waals surface area (Å²) in [5, 5.41) is 3.83. The summed E-state index contributed by atoms with van der Waals surface area (Å²) in [7, 11) is 0. The van der Waals surface area contributed by atoms with Gasteiger partial charge in [0.2, 0.25) is 0 Å². The standard InChI is InChI=1S/C17H21NO2/c1-5-6-13-7-8-15-14(9-13)12(4)16(20-15)17(19)18-10-11(2)3/h7-9H,2,5-6,10H2,1,3-4H3,(H,18,19). The third kappa shape index (κ3) is 2.93. The van der Waals surface area contributed by atoms with Crippen molar-refractivity contribution in [3.05, 3.63) is 47.2 Å². The number of fused-ring (bicyclic) bond motifs is 1. The Kier molecular flexibility index (Phi) is 4.28. The second-order valence-corrected chi connectivity index (χ2v) is 5.28. The van der Waals surface area contributed by atoms with Gasteiger partial charge in [-0.25, -0.2) is 0 Å². The number of hydrogen-bond acceptors (Lipinski definition) is 2. The molecule has 1 amide bonds. The van der Waals surface area contributed by atoms with Crippen LogP contribution in [0.5, 0.6) is 0 Å². The monoisotopic (exact) mass is 271 g/mol. The molecule has 0 unspecified atom stereocenters. The zero-order valence-electron chi connectivity index (χ0n) is 12.4. The average molecular weight is 271 g/mol. The number of hydrogen-bond donors (Lipinski definition) is 1. The molecule has 3 heteroatoms. The van der Waals surface area contributed by atoms with Gasteiger partial charge in [-0.1, -0.05) is 31.6 Å². The van der Waals surface area contributed by atoms with Gasteiger partial charge in [-0.15, -0.1) is 0 Å². The molecule has 0 aliphatic rings. The Balaban J connectivity index is 2.33. The van der Waals surface area contributed by atoms with Crippen LogP contribution in [-0.2, 0) is 6.42 Å². The molecule has 20 heavy (non-hydrogen) atoms. The van der Waals surface area contributed by atoms with Crippen molar-refractivity contribution < 1.29 is 9.21 Å². The lowest BCUT2D eigenvalue weighted by Gasteiger charge is -2.02. The van der Waals surface area contributed by atoms with E-state index in [-0.39, 0.29) is 5.91 Å². The zero-order chi connectivity index (χ0) is 14.7. The maximum Gasteiger partial charge on any atom is 0.287 e. The molecular weight excluding hydrogens is 250 g/mol. The number of carbonyl (C=O) groups excluding carboxylic acids is 1. The smallest absolute Gasteiger partial charge is 0.287 e. The van der Waals surface area contributed by atoms with Crippen LogP contribution in [0.25, 0.3) is 11.0 Å². The molecule has 3 nitrogen and oxygen atoms in total. The number of aryl methyl sites for hydroxylation is 2. The van der Waals surface area contributed by atoms with E-state index in [9.17, 15) is 4.79 Å². The Hall–Kier alpha value is -2.03. The van der Waals surface area contributed by atoms with E-state index < -0.39 is 0 Å². The molecule has 0 bridgehead atoms. The maximum atomic E-state index is 12.1. The van der Waals surface area contributed by atoms with Gasteiger partial charge in [0.1, 0.15) is 5.58 Å². The molecule has 1 aromatic heterocycles. The van der Waals surface area contributed by atoms with Gasteiger partial charge >= 0.3 is 0 Å². The average Bonchev–Trinajstić information content (AvgIpc) is 2.74. The van der Waals surface area contributed by atoms with E-state index in [1.807, 2.05) is 19.9 Å². The molecule has 0 aliphatic carbocycles. The van der Waals surface area contributed by atoms with Crippen molar-refractivity contribution in [1.29, 1.82) is 0 Å². The van der Waals surface area contributed by atoms with Crippen molar-refractivity contribution in [1.82, 2.24) is 5.32 Å². The fourth-order valence-electron chi connectivity index (χ4n) is 2.24. The SMILES string of the molecule is C=C(C)CNC(=O)c1oc2ccc(CCC)cc2c1C. The van der Waals surface area contributed by atoms with Gasteiger partial charge in [-0.3, -0.25) is 4.79 Å². The number of carbonyl (C=O) groups is 1. The lowest BCUT2D eigenvalue weighted by molar-refractivity contribution is 0.0930. The summed E-state index contributed by atoms with van der Waals surface area (Å²) in [6.07, 6.45) is 2.14.